The zero-order valence-electron chi connectivity index (χ0n) is 15.0. The molecule has 0 aromatic carbocycles. The van der Waals surface area contributed by atoms with Gasteiger partial charge >= 0.3 is 0 Å². The predicted octanol–water partition coefficient (Wildman–Crippen LogP) is 0.307. The average Bonchev–Trinajstić information content (AvgIpc) is 3.01. The van der Waals surface area contributed by atoms with Crippen LogP contribution in [0.1, 0.15) is 33.1 Å². The van der Waals surface area contributed by atoms with Gasteiger partial charge in [0.05, 0.1) is 5.75 Å². The van der Waals surface area contributed by atoms with E-state index in [0.717, 1.165) is 25.5 Å². The maximum absolute atomic E-state index is 11.7. The quantitative estimate of drug-likeness (QED) is 0.357. The van der Waals surface area contributed by atoms with Crippen LogP contribution in [0.4, 0.5) is 0 Å². The Kier molecular flexibility index (Phi) is 8.86. The molecule has 0 radical (unpaired) electrons. The maximum Gasteiger partial charge on any atom is 0.213 e. The summed E-state index contributed by atoms with van der Waals surface area (Å²) in [6.07, 6.45) is 3.25. The molecule has 0 aromatic heterocycles. The lowest BCUT2D eigenvalue weighted by molar-refractivity contribution is 0.267. The summed E-state index contributed by atoms with van der Waals surface area (Å²) in [5, 5.41) is 6.62. The molecule has 1 atom stereocenters. The van der Waals surface area contributed by atoms with Crippen LogP contribution in [0.15, 0.2) is 4.99 Å². The number of likely N-dealkylation sites (N-methyl/N-ethyl adjacent to an activating group) is 1. The molecule has 7 nitrogen and oxygen atoms in total. The summed E-state index contributed by atoms with van der Waals surface area (Å²) in [5.74, 6) is 0.934. The Morgan fingerprint density at radius 2 is 2.09 bits per heavy atom. The monoisotopic (exact) mass is 347 g/mol. The van der Waals surface area contributed by atoms with Crippen LogP contribution in [0, 0.1) is 0 Å². The van der Waals surface area contributed by atoms with Crippen molar-refractivity contribution in [3.63, 3.8) is 0 Å². The Morgan fingerprint density at radius 1 is 1.35 bits per heavy atom. The Bertz CT molecular complexity index is 466. The molecule has 1 fully saturated rings. The van der Waals surface area contributed by atoms with Crippen molar-refractivity contribution in [3.05, 3.63) is 0 Å². The van der Waals surface area contributed by atoms with E-state index in [1.807, 2.05) is 0 Å². The van der Waals surface area contributed by atoms with Crippen molar-refractivity contribution in [2.75, 3.05) is 52.6 Å². The van der Waals surface area contributed by atoms with Crippen molar-refractivity contribution in [2.45, 2.75) is 39.2 Å². The highest BCUT2D eigenvalue weighted by Gasteiger charge is 2.22. The highest BCUT2D eigenvalue weighted by atomic mass is 32.2. The van der Waals surface area contributed by atoms with Crippen LogP contribution in [-0.2, 0) is 10.0 Å². The first-order valence-electron chi connectivity index (χ1n) is 8.57. The molecule has 136 valence electrons. The lowest BCUT2D eigenvalue weighted by Crippen LogP contribution is -2.45. The predicted molar refractivity (Wildman–Crippen MR) is 96.3 cm³/mol. The van der Waals surface area contributed by atoms with E-state index in [1.54, 1.807) is 21.0 Å². The van der Waals surface area contributed by atoms with Gasteiger partial charge in [0.1, 0.15) is 0 Å². The summed E-state index contributed by atoms with van der Waals surface area (Å²) < 4.78 is 24.7. The minimum absolute atomic E-state index is 0.148. The van der Waals surface area contributed by atoms with Gasteiger partial charge in [-0.05, 0) is 39.3 Å². The fourth-order valence-corrected chi connectivity index (χ4v) is 3.69. The first-order chi connectivity index (χ1) is 10.9. The molecular formula is C15H33N5O2S. The van der Waals surface area contributed by atoms with E-state index in [0.29, 0.717) is 19.1 Å². The summed E-state index contributed by atoms with van der Waals surface area (Å²) in [6.45, 7) is 8.27. The van der Waals surface area contributed by atoms with Crippen molar-refractivity contribution in [1.29, 1.82) is 0 Å². The van der Waals surface area contributed by atoms with Gasteiger partial charge in [-0.15, -0.1) is 0 Å². The standard InChI is InChI=1S/C15H33N5O2S/c1-5-20-12-7-9-14(20)13-18-15(16-3)17-10-8-11-19(4)23(21,22)6-2/h14H,5-13H2,1-4H3,(H2,16,17,18). The van der Waals surface area contributed by atoms with E-state index in [9.17, 15) is 8.42 Å². The van der Waals surface area contributed by atoms with Crippen LogP contribution < -0.4 is 10.6 Å². The second kappa shape index (κ2) is 10.1. The lowest BCUT2D eigenvalue weighted by atomic mass is 10.2. The molecule has 23 heavy (non-hydrogen) atoms. The Morgan fingerprint density at radius 3 is 2.70 bits per heavy atom. The minimum Gasteiger partial charge on any atom is -0.356 e. The third-order valence-electron chi connectivity index (χ3n) is 4.42. The van der Waals surface area contributed by atoms with Crippen molar-refractivity contribution in [3.8, 4) is 0 Å². The summed E-state index contributed by atoms with van der Waals surface area (Å²) >= 11 is 0. The van der Waals surface area contributed by atoms with E-state index < -0.39 is 10.0 Å². The lowest BCUT2D eigenvalue weighted by Gasteiger charge is -2.24. The summed E-state index contributed by atoms with van der Waals surface area (Å²) in [7, 11) is 0.309. The van der Waals surface area contributed by atoms with Crippen molar-refractivity contribution in [1.82, 2.24) is 19.8 Å². The third-order valence-corrected chi connectivity index (χ3v) is 6.28. The second-order valence-electron chi connectivity index (χ2n) is 5.88. The van der Waals surface area contributed by atoms with Gasteiger partial charge in [0, 0.05) is 39.8 Å². The summed E-state index contributed by atoms with van der Waals surface area (Å²) in [6, 6.07) is 0.583. The second-order valence-corrected chi connectivity index (χ2v) is 8.24. The molecule has 0 amide bonds. The molecule has 0 spiro atoms. The maximum atomic E-state index is 11.7. The molecule has 0 aromatic rings. The number of hydrogen-bond donors (Lipinski definition) is 2. The highest BCUT2D eigenvalue weighted by Crippen LogP contribution is 2.15. The normalized spacial score (nSPS) is 20.2. The molecule has 1 saturated heterocycles. The van der Waals surface area contributed by atoms with Crippen LogP contribution in [-0.4, -0.2) is 82.2 Å². The summed E-state index contributed by atoms with van der Waals surface area (Å²) in [5.41, 5.74) is 0. The molecule has 0 bridgehead atoms. The number of rotatable bonds is 9. The van der Waals surface area contributed by atoms with Gasteiger partial charge in [-0.1, -0.05) is 6.92 Å². The van der Waals surface area contributed by atoms with Crippen molar-refractivity contribution >= 4 is 16.0 Å². The van der Waals surface area contributed by atoms with Crippen LogP contribution in [0.5, 0.6) is 0 Å². The molecule has 1 aliphatic heterocycles. The number of likely N-dealkylation sites (tertiary alicyclic amines) is 1. The topological polar surface area (TPSA) is 77.0 Å². The molecule has 1 unspecified atom stereocenters. The van der Waals surface area contributed by atoms with E-state index in [-0.39, 0.29) is 5.75 Å². The van der Waals surface area contributed by atoms with Gasteiger partial charge in [-0.2, -0.15) is 0 Å². The van der Waals surface area contributed by atoms with Gasteiger partial charge in [-0.25, -0.2) is 12.7 Å². The Labute approximate surface area is 141 Å². The largest absolute Gasteiger partial charge is 0.356 e. The average molecular weight is 348 g/mol. The number of nitrogens with one attached hydrogen (secondary N) is 2. The van der Waals surface area contributed by atoms with Crippen LogP contribution in [0.3, 0.4) is 0 Å². The Balaban J connectivity index is 2.24. The van der Waals surface area contributed by atoms with Gasteiger partial charge in [0.15, 0.2) is 5.96 Å². The highest BCUT2D eigenvalue weighted by molar-refractivity contribution is 7.89. The number of hydrogen-bond acceptors (Lipinski definition) is 4. The van der Waals surface area contributed by atoms with E-state index >= 15 is 0 Å². The fraction of sp³-hybridized carbons (Fsp3) is 0.933. The van der Waals surface area contributed by atoms with E-state index in [1.165, 1.54) is 23.7 Å². The van der Waals surface area contributed by atoms with E-state index in [4.69, 9.17) is 0 Å². The van der Waals surface area contributed by atoms with Gasteiger partial charge in [-0.3, -0.25) is 9.89 Å². The minimum atomic E-state index is -3.08. The number of aliphatic imine (C=N–C) groups is 1. The Hall–Kier alpha value is -0.860. The molecule has 2 N–H and O–H groups in total. The molecular weight excluding hydrogens is 314 g/mol. The van der Waals surface area contributed by atoms with Crippen LogP contribution >= 0.6 is 0 Å². The van der Waals surface area contributed by atoms with Crippen molar-refractivity contribution in [2.24, 2.45) is 4.99 Å². The molecule has 1 rings (SSSR count). The van der Waals surface area contributed by atoms with Crippen LogP contribution in [0.25, 0.3) is 0 Å². The van der Waals surface area contributed by atoms with Crippen LogP contribution in [0.2, 0.25) is 0 Å². The SMILES string of the molecule is CCN1CCCC1CNC(=NC)NCCCN(C)S(=O)(=O)CC. The molecule has 0 aliphatic carbocycles. The smallest absolute Gasteiger partial charge is 0.213 e. The zero-order valence-corrected chi connectivity index (χ0v) is 15.8. The van der Waals surface area contributed by atoms with E-state index in [2.05, 4.69) is 27.4 Å². The summed E-state index contributed by atoms with van der Waals surface area (Å²) in [4.78, 5) is 6.72. The molecule has 1 heterocycles. The molecule has 1 aliphatic rings. The fourth-order valence-electron chi connectivity index (χ4n) is 2.85. The molecule has 8 heteroatoms. The number of guanidine groups is 1. The first-order valence-corrected chi connectivity index (χ1v) is 10.2. The number of nitrogens with zero attached hydrogens (tertiary/aromatic N) is 3. The first kappa shape index (κ1) is 20.2. The number of sulfonamides is 1. The molecule has 0 saturated carbocycles. The zero-order chi connectivity index (χ0) is 17.3. The van der Waals surface area contributed by atoms with Gasteiger partial charge < -0.3 is 10.6 Å². The van der Waals surface area contributed by atoms with Crippen molar-refractivity contribution < 1.29 is 8.42 Å². The van der Waals surface area contributed by atoms with Gasteiger partial charge in [0.25, 0.3) is 0 Å². The van der Waals surface area contributed by atoms with Gasteiger partial charge in [0.2, 0.25) is 10.0 Å². The third kappa shape index (κ3) is 6.64.